The van der Waals surface area contributed by atoms with E-state index in [2.05, 4.69) is 11.1 Å². The molecule has 1 aromatic rings. The molecule has 14 heavy (non-hydrogen) atoms. The van der Waals surface area contributed by atoms with Crippen molar-refractivity contribution in [3.63, 3.8) is 0 Å². The molecule has 1 amide bonds. The van der Waals surface area contributed by atoms with Gasteiger partial charge in [-0.05, 0) is 13.8 Å². The average molecular weight is 192 g/mol. The Labute approximate surface area is 82.9 Å². The first kappa shape index (κ1) is 10.3. The molecule has 1 heterocycles. The zero-order chi connectivity index (χ0) is 10.6. The summed E-state index contributed by atoms with van der Waals surface area (Å²) >= 11 is 0. The lowest BCUT2D eigenvalue weighted by Crippen LogP contribution is -2.31. The number of hydrogen-bond acceptors (Lipinski definition) is 3. The Morgan fingerprint density at radius 1 is 1.79 bits per heavy atom. The standard InChI is InChI=1S/C10H12N2O2/c1-4-6-12(5-2)10(13)9-8(3)7-11-14-9/h1,7H,5-6H2,2-3H3. The van der Waals surface area contributed by atoms with Gasteiger partial charge in [0.2, 0.25) is 5.76 Å². The van der Waals surface area contributed by atoms with Crippen LogP contribution in [-0.4, -0.2) is 29.1 Å². The van der Waals surface area contributed by atoms with Gasteiger partial charge in [0.15, 0.2) is 0 Å². The van der Waals surface area contributed by atoms with E-state index >= 15 is 0 Å². The Balaban J connectivity index is 2.84. The number of rotatable bonds is 3. The number of amides is 1. The topological polar surface area (TPSA) is 46.3 Å². The summed E-state index contributed by atoms with van der Waals surface area (Å²) in [5.41, 5.74) is 0.727. The normalized spacial score (nSPS) is 9.50. The molecule has 0 aromatic carbocycles. The monoisotopic (exact) mass is 192 g/mol. The third-order valence-electron chi connectivity index (χ3n) is 1.89. The van der Waals surface area contributed by atoms with Crippen molar-refractivity contribution in [2.45, 2.75) is 13.8 Å². The van der Waals surface area contributed by atoms with Crippen molar-refractivity contribution < 1.29 is 9.32 Å². The average Bonchev–Trinajstić information content (AvgIpc) is 2.59. The highest BCUT2D eigenvalue weighted by Gasteiger charge is 2.19. The molecule has 0 aliphatic rings. The second-order valence-electron chi connectivity index (χ2n) is 2.86. The van der Waals surface area contributed by atoms with Crippen molar-refractivity contribution in [3.8, 4) is 12.3 Å². The van der Waals surface area contributed by atoms with Gasteiger partial charge >= 0.3 is 0 Å². The van der Waals surface area contributed by atoms with E-state index < -0.39 is 0 Å². The van der Waals surface area contributed by atoms with E-state index in [1.165, 1.54) is 11.1 Å². The molecule has 0 saturated carbocycles. The van der Waals surface area contributed by atoms with Gasteiger partial charge in [0, 0.05) is 12.1 Å². The maximum absolute atomic E-state index is 11.7. The lowest BCUT2D eigenvalue weighted by molar-refractivity contribution is 0.0742. The van der Waals surface area contributed by atoms with Crippen molar-refractivity contribution in [2.75, 3.05) is 13.1 Å². The lowest BCUT2D eigenvalue weighted by atomic mass is 10.2. The highest BCUT2D eigenvalue weighted by atomic mass is 16.5. The number of terminal acetylenes is 1. The molecule has 0 aliphatic carbocycles. The molecule has 0 spiro atoms. The second kappa shape index (κ2) is 4.47. The van der Waals surface area contributed by atoms with Gasteiger partial charge < -0.3 is 9.42 Å². The minimum absolute atomic E-state index is 0.208. The third-order valence-corrected chi connectivity index (χ3v) is 1.89. The largest absolute Gasteiger partial charge is 0.351 e. The first-order valence-electron chi connectivity index (χ1n) is 4.34. The van der Waals surface area contributed by atoms with E-state index in [1.807, 2.05) is 6.92 Å². The summed E-state index contributed by atoms with van der Waals surface area (Å²) < 4.78 is 4.85. The minimum Gasteiger partial charge on any atom is -0.351 e. The predicted molar refractivity (Wildman–Crippen MR) is 51.7 cm³/mol. The Morgan fingerprint density at radius 2 is 2.50 bits per heavy atom. The van der Waals surface area contributed by atoms with Crippen LogP contribution in [0.25, 0.3) is 0 Å². The van der Waals surface area contributed by atoms with Crippen molar-refractivity contribution >= 4 is 5.91 Å². The summed E-state index contributed by atoms with van der Waals surface area (Å²) in [6, 6.07) is 0. The van der Waals surface area contributed by atoms with Crippen LogP contribution in [0.3, 0.4) is 0 Å². The fraction of sp³-hybridized carbons (Fsp3) is 0.400. The van der Waals surface area contributed by atoms with Crippen LogP contribution in [0.1, 0.15) is 23.0 Å². The first-order chi connectivity index (χ1) is 6.70. The quantitative estimate of drug-likeness (QED) is 0.673. The van der Waals surface area contributed by atoms with Gasteiger partial charge in [-0.25, -0.2) is 0 Å². The van der Waals surface area contributed by atoms with Gasteiger partial charge in [0.1, 0.15) is 0 Å². The zero-order valence-electron chi connectivity index (χ0n) is 8.28. The van der Waals surface area contributed by atoms with E-state index in [-0.39, 0.29) is 18.2 Å². The number of aromatic nitrogens is 1. The van der Waals surface area contributed by atoms with Crippen molar-refractivity contribution in [3.05, 3.63) is 17.5 Å². The summed E-state index contributed by atoms with van der Waals surface area (Å²) in [6.07, 6.45) is 6.65. The molecule has 1 aromatic heterocycles. The molecule has 0 atom stereocenters. The van der Waals surface area contributed by atoms with E-state index in [4.69, 9.17) is 10.9 Å². The van der Waals surface area contributed by atoms with Crippen LogP contribution >= 0.6 is 0 Å². The van der Waals surface area contributed by atoms with Crippen molar-refractivity contribution in [1.29, 1.82) is 0 Å². The van der Waals surface area contributed by atoms with E-state index in [9.17, 15) is 4.79 Å². The maximum atomic E-state index is 11.7. The molecule has 1 rings (SSSR count). The SMILES string of the molecule is C#CCN(CC)C(=O)c1oncc1C. The molecule has 0 aliphatic heterocycles. The molecular formula is C10H12N2O2. The smallest absolute Gasteiger partial charge is 0.293 e. The predicted octanol–water partition coefficient (Wildman–Crippen LogP) is 1.08. The molecular weight excluding hydrogens is 180 g/mol. The van der Waals surface area contributed by atoms with Crippen LogP contribution in [0, 0.1) is 19.3 Å². The van der Waals surface area contributed by atoms with E-state index in [1.54, 1.807) is 6.92 Å². The highest BCUT2D eigenvalue weighted by Crippen LogP contribution is 2.09. The van der Waals surface area contributed by atoms with Gasteiger partial charge in [0.25, 0.3) is 5.91 Å². The van der Waals surface area contributed by atoms with Crippen molar-refractivity contribution in [2.24, 2.45) is 0 Å². The molecule has 74 valence electrons. The number of nitrogens with zero attached hydrogens (tertiary/aromatic N) is 2. The number of carbonyl (C=O) groups excluding carboxylic acids is 1. The van der Waals surface area contributed by atoms with Crippen molar-refractivity contribution in [1.82, 2.24) is 10.1 Å². The fourth-order valence-electron chi connectivity index (χ4n) is 1.08. The van der Waals surface area contributed by atoms with E-state index in [0.717, 1.165) is 5.56 Å². The highest BCUT2D eigenvalue weighted by molar-refractivity contribution is 5.92. The molecule has 0 radical (unpaired) electrons. The summed E-state index contributed by atoms with van der Waals surface area (Å²) in [5.74, 6) is 2.48. The number of aryl methyl sites for hydroxylation is 1. The van der Waals surface area contributed by atoms with Crippen LogP contribution < -0.4 is 0 Å². The van der Waals surface area contributed by atoms with Crippen LogP contribution in [0.4, 0.5) is 0 Å². The Kier molecular flexibility index (Phi) is 3.29. The Hall–Kier alpha value is -1.76. The third kappa shape index (κ3) is 1.94. The Morgan fingerprint density at radius 3 is 2.93 bits per heavy atom. The summed E-state index contributed by atoms with van der Waals surface area (Å²) in [4.78, 5) is 13.3. The fourth-order valence-corrected chi connectivity index (χ4v) is 1.08. The van der Waals surface area contributed by atoms with Gasteiger partial charge in [-0.3, -0.25) is 4.79 Å². The molecule has 0 unspecified atom stereocenters. The zero-order valence-corrected chi connectivity index (χ0v) is 8.28. The number of hydrogen-bond donors (Lipinski definition) is 0. The van der Waals surface area contributed by atoms with Crippen LogP contribution in [0.15, 0.2) is 10.7 Å². The Bertz CT molecular complexity index is 362. The summed E-state index contributed by atoms with van der Waals surface area (Å²) in [7, 11) is 0. The van der Waals surface area contributed by atoms with Gasteiger partial charge in [0.05, 0.1) is 12.7 Å². The van der Waals surface area contributed by atoms with Crippen LogP contribution in [0.5, 0.6) is 0 Å². The molecule has 0 fully saturated rings. The van der Waals surface area contributed by atoms with Gasteiger partial charge in [-0.1, -0.05) is 11.1 Å². The minimum atomic E-state index is -0.208. The lowest BCUT2D eigenvalue weighted by Gasteiger charge is -2.15. The molecule has 4 heteroatoms. The van der Waals surface area contributed by atoms with Crippen LogP contribution in [-0.2, 0) is 0 Å². The maximum Gasteiger partial charge on any atom is 0.293 e. The van der Waals surface area contributed by atoms with Crippen LogP contribution in [0.2, 0.25) is 0 Å². The second-order valence-corrected chi connectivity index (χ2v) is 2.86. The summed E-state index contributed by atoms with van der Waals surface area (Å²) in [6.45, 7) is 4.48. The molecule has 0 N–H and O–H groups in total. The van der Waals surface area contributed by atoms with Gasteiger partial charge in [-0.15, -0.1) is 6.42 Å². The molecule has 4 nitrogen and oxygen atoms in total. The van der Waals surface area contributed by atoms with E-state index in [0.29, 0.717) is 6.54 Å². The summed E-state index contributed by atoms with van der Waals surface area (Å²) in [5, 5.41) is 3.55. The first-order valence-corrected chi connectivity index (χ1v) is 4.34. The molecule has 0 saturated heterocycles. The molecule has 0 bridgehead atoms. The number of carbonyl (C=O) groups is 1. The van der Waals surface area contributed by atoms with Gasteiger partial charge in [-0.2, -0.15) is 0 Å².